The first-order valence-electron chi connectivity index (χ1n) is 5.14. The summed E-state index contributed by atoms with van der Waals surface area (Å²) in [6.45, 7) is 4.83. The lowest BCUT2D eigenvalue weighted by molar-refractivity contribution is -0.0341. The van der Waals surface area contributed by atoms with Gasteiger partial charge in [-0.3, -0.25) is 4.90 Å². The molecule has 1 aromatic heterocycles. The maximum absolute atomic E-state index is 9.18. The van der Waals surface area contributed by atoms with Gasteiger partial charge in [-0.2, -0.15) is 0 Å². The molecule has 2 heterocycles. The van der Waals surface area contributed by atoms with Crippen LogP contribution < -0.4 is 0 Å². The highest BCUT2D eigenvalue weighted by Crippen LogP contribution is 2.12. The first-order valence-corrected chi connectivity index (χ1v) is 5.14. The lowest BCUT2D eigenvalue weighted by Crippen LogP contribution is -2.46. The van der Waals surface area contributed by atoms with E-state index < -0.39 is 0 Å². The monoisotopic (exact) mass is 212 g/mol. The highest BCUT2D eigenvalue weighted by Gasteiger charge is 2.23. The highest BCUT2D eigenvalue weighted by molar-refractivity contribution is 5.03. The smallest absolute Gasteiger partial charge is 0.150 e. The van der Waals surface area contributed by atoms with E-state index in [1.54, 1.807) is 0 Å². The molecule has 0 amide bonds. The molecule has 0 spiro atoms. The number of nitrogens with zero attached hydrogens (tertiary/aromatic N) is 2. The summed E-state index contributed by atoms with van der Waals surface area (Å²) in [5, 5.41) is 13.0. The minimum absolute atomic E-state index is 0.0733. The number of aryl methyl sites for hydroxylation is 1. The molecular formula is C10H16N2O3. The van der Waals surface area contributed by atoms with Crippen molar-refractivity contribution in [1.29, 1.82) is 0 Å². The Kier molecular flexibility index (Phi) is 3.35. The van der Waals surface area contributed by atoms with Gasteiger partial charge in [0.1, 0.15) is 0 Å². The van der Waals surface area contributed by atoms with Crippen LogP contribution >= 0.6 is 0 Å². The fraction of sp³-hybridized carbons (Fsp3) is 0.700. The van der Waals surface area contributed by atoms with Gasteiger partial charge in [-0.15, -0.1) is 0 Å². The Morgan fingerprint density at radius 2 is 2.53 bits per heavy atom. The second-order valence-corrected chi connectivity index (χ2v) is 3.82. The summed E-state index contributed by atoms with van der Waals surface area (Å²) < 4.78 is 10.4. The zero-order valence-corrected chi connectivity index (χ0v) is 8.85. The van der Waals surface area contributed by atoms with Gasteiger partial charge in [-0.25, -0.2) is 0 Å². The molecule has 15 heavy (non-hydrogen) atoms. The van der Waals surface area contributed by atoms with Gasteiger partial charge in [-0.1, -0.05) is 5.16 Å². The Hall–Kier alpha value is -0.910. The van der Waals surface area contributed by atoms with Crippen LogP contribution in [0.2, 0.25) is 0 Å². The van der Waals surface area contributed by atoms with Crippen molar-refractivity contribution in [3.8, 4) is 0 Å². The van der Waals surface area contributed by atoms with Crippen LogP contribution in [0.15, 0.2) is 10.6 Å². The van der Waals surface area contributed by atoms with Crippen LogP contribution in [-0.4, -0.2) is 47.6 Å². The summed E-state index contributed by atoms with van der Waals surface area (Å²) in [5.41, 5.74) is 0.888. The zero-order valence-electron chi connectivity index (χ0n) is 8.85. The van der Waals surface area contributed by atoms with Crippen molar-refractivity contribution in [3.05, 3.63) is 17.5 Å². The van der Waals surface area contributed by atoms with E-state index in [1.165, 1.54) is 0 Å². The molecule has 1 aromatic rings. The van der Waals surface area contributed by atoms with Crippen LogP contribution in [-0.2, 0) is 11.3 Å². The molecule has 1 aliphatic rings. The summed E-state index contributed by atoms with van der Waals surface area (Å²) in [6, 6.07) is 1.99. The second kappa shape index (κ2) is 4.74. The Labute approximate surface area is 88.6 Å². The van der Waals surface area contributed by atoms with E-state index in [9.17, 15) is 5.11 Å². The number of hydrogen-bond acceptors (Lipinski definition) is 5. The topological polar surface area (TPSA) is 58.7 Å². The van der Waals surface area contributed by atoms with E-state index in [1.807, 2.05) is 13.0 Å². The van der Waals surface area contributed by atoms with Gasteiger partial charge in [0.05, 0.1) is 38.1 Å². The molecule has 1 unspecified atom stereocenters. The summed E-state index contributed by atoms with van der Waals surface area (Å²) in [5.74, 6) is 0.841. The van der Waals surface area contributed by atoms with E-state index in [-0.39, 0.29) is 12.6 Å². The molecule has 1 fully saturated rings. The van der Waals surface area contributed by atoms with E-state index in [2.05, 4.69) is 10.1 Å². The Bertz CT molecular complexity index is 313. The van der Waals surface area contributed by atoms with Crippen LogP contribution in [0, 0.1) is 6.92 Å². The first-order chi connectivity index (χ1) is 7.29. The van der Waals surface area contributed by atoms with E-state index in [0.29, 0.717) is 19.8 Å². The van der Waals surface area contributed by atoms with Gasteiger partial charge < -0.3 is 14.4 Å². The fourth-order valence-electron chi connectivity index (χ4n) is 1.76. The van der Waals surface area contributed by atoms with Gasteiger partial charge >= 0.3 is 0 Å². The van der Waals surface area contributed by atoms with Crippen LogP contribution in [0.5, 0.6) is 0 Å². The molecular weight excluding hydrogens is 196 g/mol. The van der Waals surface area contributed by atoms with Crippen LogP contribution in [0.3, 0.4) is 0 Å². The number of aliphatic hydroxyl groups is 1. The van der Waals surface area contributed by atoms with Crippen molar-refractivity contribution in [2.45, 2.75) is 19.5 Å². The third-order valence-corrected chi connectivity index (χ3v) is 2.60. The van der Waals surface area contributed by atoms with Crippen LogP contribution in [0.4, 0.5) is 0 Å². The fourth-order valence-corrected chi connectivity index (χ4v) is 1.76. The minimum atomic E-state index is 0.0733. The number of rotatable bonds is 3. The third kappa shape index (κ3) is 2.56. The standard InChI is InChI=1S/C10H16N2O3/c1-8-4-10(15-11-8)5-12-2-3-14-7-9(12)6-13/h4,9,13H,2-3,5-7H2,1H3. The molecule has 1 aliphatic heterocycles. The number of morpholine rings is 1. The zero-order chi connectivity index (χ0) is 10.7. The summed E-state index contributed by atoms with van der Waals surface area (Å²) in [4.78, 5) is 2.16. The maximum atomic E-state index is 9.18. The lowest BCUT2D eigenvalue weighted by Gasteiger charge is -2.33. The SMILES string of the molecule is Cc1cc(CN2CCOCC2CO)on1. The molecule has 84 valence electrons. The van der Waals surface area contributed by atoms with Gasteiger partial charge in [0.2, 0.25) is 0 Å². The van der Waals surface area contributed by atoms with E-state index in [4.69, 9.17) is 9.26 Å². The second-order valence-electron chi connectivity index (χ2n) is 3.82. The molecule has 5 nitrogen and oxygen atoms in total. The Morgan fingerprint density at radius 1 is 1.67 bits per heavy atom. The third-order valence-electron chi connectivity index (χ3n) is 2.60. The molecule has 5 heteroatoms. The lowest BCUT2D eigenvalue weighted by atomic mass is 10.2. The van der Waals surface area contributed by atoms with E-state index >= 15 is 0 Å². The van der Waals surface area contributed by atoms with Gasteiger partial charge in [0.25, 0.3) is 0 Å². The molecule has 0 aromatic carbocycles. The molecule has 1 atom stereocenters. The molecule has 2 rings (SSSR count). The van der Waals surface area contributed by atoms with Crippen molar-refractivity contribution in [1.82, 2.24) is 10.1 Å². The molecule has 0 bridgehead atoms. The van der Waals surface area contributed by atoms with Gasteiger partial charge in [0, 0.05) is 12.6 Å². The van der Waals surface area contributed by atoms with Gasteiger partial charge in [-0.05, 0) is 6.92 Å². The van der Waals surface area contributed by atoms with Crippen LogP contribution in [0.1, 0.15) is 11.5 Å². The molecule has 0 aliphatic carbocycles. The number of hydrogen-bond donors (Lipinski definition) is 1. The molecule has 0 saturated carbocycles. The Balaban J connectivity index is 1.97. The minimum Gasteiger partial charge on any atom is -0.395 e. The average Bonchev–Trinajstić information content (AvgIpc) is 2.65. The first kappa shape index (κ1) is 10.6. The normalized spacial score (nSPS) is 23.2. The molecule has 0 radical (unpaired) electrons. The van der Waals surface area contributed by atoms with E-state index in [0.717, 1.165) is 18.0 Å². The molecule has 1 N–H and O–H groups in total. The number of aliphatic hydroxyl groups excluding tert-OH is 1. The quantitative estimate of drug-likeness (QED) is 0.774. The summed E-state index contributed by atoms with van der Waals surface area (Å²) in [6.07, 6.45) is 0. The van der Waals surface area contributed by atoms with Crippen molar-refractivity contribution in [2.75, 3.05) is 26.4 Å². The van der Waals surface area contributed by atoms with Crippen molar-refractivity contribution < 1.29 is 14.4 Å². The largest absolute Gasteiger partial charge is 0.395 e. The van der Waals surface area contributed by atoms with Crippen LogP contribution in [0.25, 0.3) is 0 Å². The van der Waals surface area contributed by atoms with Crippen molar-refractivity contribution in [2.24, 2.45) is 0 Å². The van der Waals surface area contributed by atoms with Gasteiger partial charge in [0.15, 0.2) is 5.76 Å². The maximum Gasteiger partial charge on any atom is 0.150 e. The summed E-state index contributed by atoms with van der Waals surface area (Å²) >= 11 is 0. The average molecular weight is 212 g/mol. The Morgan fingerprint density at radius 3 is 3.20 bits per heavy atom. The number of ether oxygens (including phenoxy) is 1. The van der Waals surface area contributed by atoms with Crippen molar-refractivity contribution >= 4 is 0 Å². The molecule has 1 saturated heterocycles. The predicted octanol–water partition coefficient (Wildman–Crippen LogP) is 0.176. The number of aromatic nitrogens is 1. The van der Waals surface area contributed by atoms with Crippen molar-refractivity contribution in [3.63, 3.8) is 0 Å². The highest BCUT2D eigenvalue weighted by atomic mass is 16.5. The summed E-state index contributed by atoms with van der Waals surface area (Å²) in [7, 11) is 0. The predicted molar refractivity (Wildman–Crippen MR) is 53.3 cm³/mol.